The molecule has 2 atom stereocenters. The first kappa shape index (κ1) is 21.7. The molecule has 1 aromatic heterocycles. The van der Waals surface area contributed by atoms with Crippen LogP contribution < -0.4 is 10.6 Å². The lowest BCUT2D eigenvalue weighted by Crippen LogP contribution is -2.33. The highest BCUT2D eigenvalue weighted by Gasteiger charge is 2.23. The molecule has 0 fully saturated rings. The maximum absolute atomic E-state index is 12.3. The van der Waals surface area contributed by atoms with Crippen LogP contribution in [-0.4, -0.2) is 28.9 Å². The molecule has 0 unspecified atom stereocenters. The quantitative estimate of drug-likeness (QED) is 0.663. The summed E-state index contributed by atoms with van der Waals surface area (Å²) in [5, 5.41) is 5.66. The minimum Gasteiger partial charge on any atom is -0.452 e. The topological polar surface area (TPSA) is 97.4 Å². The van der Waals surface area contributed by atoms with Gasteiger partial charge in [-0.1, -0.05) is 53.5 Å². The Hall–Kier alpha value is -2.64. The summed E-state index contributed by atoms with van der Waals surface area (Å²) in [4.78, 5) is 39.9. The number of rotatable bonds is 7. The van der Waals surface area contributed by atoms with Crippen LogP contribution in [0.25, 0.3) is 0 Å². The van der Waals surface area contributed by atoms with E-state index in [1.165, 1.54) is 26.1 Å². The maximum Gasteiger partial charge on any atom is 0.309 e. The van der Waals surface area contributed by atoms with Gasteiger partial charge in [-0.3, -0.25) is 14.4 Å². The molecule has 0 saturated heterocycles. The largest absolute Gasteiger partial charge is 0.452 e. The number of pyridine rings is 1. The molecule has 0 aliphatic heterocycles. The summed E-state index contributed by atoms with van der Waals surface area (Å²) < 4.78 is 5.18. The van der Waals surface area contributed by atoms with Gasteiger partial charge >= 0.3 is 5.97 Å². The molecule has 148 valence electrons. The Morgan fingerprint density at radius 1 is 1.18 bits per heavy atom. The van der Waals surface area contributed by atoms with Crippen LogP contribution >= 0.6 is 23.2 Å². The molecule has 0 spiro atoms. The van der Waals surface area contributed by atoms with E-state index in [0.29, 0.717) is 5.02 Å². The van der Waals surface area contributed by atoms with Gasteiger partial charge in [0.2, 0.25) is 5.91 Å². The number of nitrogens with zero attached hydrogens (tertiary/aromatic N) is 1. The van der Waals surface area contributed by atoms with Crippen LogP contribution in [0.4, 0.5) is 5.82 Å². The molecule has 7 nitrogen and oxygen atoms in total. The van der Waals surface area contributed by atoms with Gasteiger partial charge in [0.1, 0.15) is 0 Å². The van der Waals surface area contributed by atoms with Crippen LogP contribution in [0.3, 0.4) is 0 Å². The number of benzene rings is 1. The highest BCUT2D eigenvalue weighted by molar-refractivity contribution is 6.36. The Labute approximate surface area is 172 Å². The van der Waals surface area contributed by atoms with Crippen molar-refractivity contribution in [3.05, 3.63) is 58.2 Å². The fourth-order valence-corrected chi connectivity index (χ4v) is 2.80. The van der Waals surface area contributed by atoms with Gasteiger partial charge in [0.25, 0.3) is 5.91 Å². The minimum absolute atomic E-state index is 0.111. The van der Waals surface area contributed by atoms with Gasteiger partial charge in [-0.15, -0.1) is 0 Å². The predicted octanol–water partition coefficient (Wildman–Crippen LogP) is 3.53. The van der Waals surface area contributed by atoms with E-state index in [1.54, 1.807) is 24.3 Å². The predicted molar refractivity (Wildman–Crippen MR) is 106 cm³/mol. The zero-order valence-corrected chi connectivity index (χ0v) is 16.8. The van der Waals surface area contributed by atoms with Crippen LogP contribution in [0.2, 0.25) is 10.0 Å². The lowest BCUT2D eigenvalue weighted by molar-refractivity contribution is -0.153. The normalized spacial score (nSPS) is 12.6. The van der Waals surface area contributed by atoms with Crippen molar-refractivity contribution in [2.45, 2.75) is 32.4 Å². The molecule has 2 rings (SSSR count). The second kappa shape index (κ2) is 10.1. The average Bonchev–Trinajstić information content (AvgIpc) is 2.63. The molecule has 2 aromatic rings. The molecule has 0 saturated carbocycles. The second-order valence-electron chi connectivity index (χ2n) is 5.97. The van der Waals surface area contributed by atoms with Crippen LogP contribution in [0.5, 0.6) is 0 Å². The summed E-state index contributed by atoms with van der Waals surface area (Å²) in [7, 11) is 0. The Bertz CT molecular complexity index is 862. The lowest BCUT2D eigenvalue weighted by atomic mass is 10.0. The number of ether oxygens (including phenoxy) is 1. The fraction of sp³-hybridized carbons (Fsp3) is 0.263. The smallest absolute Gasteiger partial charge is 0.309 e. The molecule has 0 aliphatic rings. The van der Waals surface area contributed by atoms with E-state index in [4.69, 9.17) is 27.9 Å². The molecule has 0 aliphatic carbocycles. The van der Waals surface area contributed by atoms with Gasteiger partial charge in [-0.05, 0) is 18.6 Å². The van der Waals surface area contributed by atoms with E-state index in [2.05, 4.69) is 15.6 Å². The number of anilines is 1. The summed E-state index contributed by atoms with van der Waals surface area (Å²) in [6.45, 7) is 2.78. The molecule has 9 heteroatoms. The second-order valence-corrected chi connectivity index (χ2v) is 6.82. The van der Waals surface area contributed by atoms with Crippen LogP contribution in [0.15, 0.2) is 42.6 Å². The first-order valence-electron chi connectivity index (χ1n) is 8.39. The monoisotopic (exact) mass is 423 g/mol. The summed E-state index contributed by atoms with van der Waals surface area (Å²) >= 11 is 11.7. The Morgan fingerprint density at radius 3 is 2.46 bits per heavy atom. The zero-order chi connectivity index (χ0) is 20.7. The van der Waals surface area contributed by atoms with Gasteiger partial charge in [0.15, 0.2) is 11.9 Å². The Kier molecular flexibility index (Phi) is 7.78. The van der Waals surface area contributed by atoms with Crippen molar-refractivity contribution >= 4 is 46.8 Å². The van der Waals surface area contributed by atoms with E-state index in [1.807, 2.05) is 6.07 Å². The third-order valence-corrected chi connectivity index (χ3v) is 4.17. The molecule has 1 heterocycles. The van der Waals surface area contributed by atoms with Crippen molar-refractivity contribution in [2.24, 2.45) is 0 Å². The van der Waals surface area contributed by atoms with Gasteiger partial charge in [-0.2, -0.15) is 0 Å². The van der Waals surface area contributed by atoms with Gasteiger partial charge in [0.05, 0.1) is 22.5 Å². The number of carbonyl (C=O) groups excluding carboxylic acids is 3. The highest BCUT2D eigenvalue weighted by atomic mass is 35.5. The van der Waals surface area contributed by atoms with Crippen molar-refractivity contribution in [3.63, 3.8) is 0 Å². The van der Waals surface area contributed by atoms with E-state index < -0.39 is 24.0 Å². The Morgan fingerprint density at radius 2 is 1.86 bits per heavy atom. The van der Waals surface area contributed by atoms with Crippen molar-refractivity contribution < 1.29 is 19.1 Å². The van der Waals surface area contributed by atoms with Gasteiger partial charge in [-0.25, -0.2) is 4.98 Å². The summed E-state index contributed by atoms with van der Waals surface area (Å²) in [6.07, 6.45) is 0.119. The molecular weight excluding hydrogens is 405 g/mol. The van der Waals surface area contributed by atoms with Gasteiger partial charge < -0.3 is 15.4 Å². The molecule has 1 aromatic carbocycles. The van der Waals surface area contributed by atoms with Gasteiger partial charge in [0, 0.05) is 13.1 Å². The molecule has 28 heavy (non-hydrogen) atoms. The fourth-order valence-electron chi connectivity index (χ4n) is 2.37. The first-order valence-corrected chi connectivity index (χ1v) is 9.15. The molecule has 2 amide bonds. The minimum atomic E-state index is -1.09. The van der Waals surface area contributed by atoms with Crippen molar-refractivity contribution in [1.82, 2.24) is 10.3 Å². The molecule has 0 radical (unpaired) electrons. The van der Waals surface area contributed by atoms with Crippen LogP contribution in [0.1, 0.15) is 31.9 Å². The number of esters is 1. The van der Waals surface area contributed by atoms with Crippen LogP contribution in [-0.2, 0) is 19.1 Å². The highest BCUT2D eigenvalue weighted by Crippen LogP contribution is 2.23. The number of aromatic nitrogens is 1. The number of hydrogen-bond donors (Lipinski definition) is 2. The summed E-state index contributed by atoms with van der Waals surface area (Å²) in [5.74, 6) is -1.41. The number of halogens is 2. The maximum atomic E-state index is 12.3. The Balaban J connectivity index is 1.97. The number of nitrogens with one attached hydrogen (secondary N) is 2. The van der Waals surface area contributed by atoms with Crippen molar-refractivity contribution in [1.29, 1.82) is 0 Å². The summed E-state index contributed by atoms with van der Waals surface area (Å²) in [5.41, 5.74) is 0.754. The molecule has 0 bridgehead atoms. The number of hydrogen-bond acceptors (Lipinski definition) is 5. The van der Waals surface area contributed by atoms with Crippen molar-refractivity contribution in [3.8, 4) is 0 Å². The third kappa shape index (κ3) is 6.51. The van der Waals surface area contributed by atoms with Crippen molar-refractivity contribution in [2.75, 3.05) is 5.32 Å². The zero-order valence-electron chi connectivity index (χ0n) is 15.2. The average molecular weight is 424 g/mol. The van der Waals surface area contributed by atoms with E-state index >= 15 is 0 Å². The third-order valence-electron chi connectivity index (χ3n) is 3.68. The standard InChI is InChI=1S/C19H19Cl2N3O4/c1-11(19(27)24-18-15(21)8-14(20)10-22-18)28-17(26)9-16(23-12(2)25)13-6-4-3-5-7-13/h3-8,10-11,16H,9H2,1-2H3,(H,23,25)(H,22,24,27)/t11-,16-/m1/s1. The SMILES string of the molecule is CC(=O)N[C@H](CC(=O)O[C@H](C)C(=O)Nc1ncc(Cl)cc1Cl)c1ccccc1. The van der Waals surface area contributed by atoms with Crippen LogP contribution in [0, 0.1) is 0 Å². The number of amides is 2. The molecule has 2 N–H and O–H groups in total. The van der Waals surface area contributed by atoms with E-state index in [9.17, 15) is 14.4 Å². The van der Waals surface area contributed by atoms with E-state index in [0.717, 1.165) is 5.56 Å². The molecular formula is C19H19Cl2N3O4. The first-order chi connectivity index (χ1) is 13.3. The lowest BCUT2D eigenvalue weighted by Gasteiger charge is -2.19. The summed E-state index contributed by atoms with van der Waals surface area (Å²) in [6, 6.07) is 9.88. The van der Waals surface area contributed by atoms with E-state index in [-0.39, 0.29) is 23.2 Å². The number of carbonyl (C=O) groups is 3.